The number of carbonyl (C=O) groups is 4. The number of unbranched alkanes of at least 4 members (excludes halogenated alkanes) is 2. The Morgan fingerprint density at radius 2 is 0.896 bits per heavy atom. The Balaban J connectivity index is 1.44. The van der Waals surface area contributed by atoms with Gasteiger partial charge in [-0.1, -0.05) is 110 Å². The summed E-state index contributed by atoms with van der Waals surface area (Å²) in [5.74, 6) is -0.520. The van der Waals surface area contributed by atoms with Crippen LogP contribution in [0, 0.1) is 11.8 Å². The summed E-state index contributed by atoms with van der Waals surface area (Å²) in [4.78, 5) is 59.2. The predicted molar refractivity (Wildman–Crippen MR) is 200 cm³/mol. The summed E-state index contributed by atoms with van der Waals surface area (Å²) >= 11 is 7.66. The number of carbonyl (C=O) groups excluding carboxylic acids is 4. The Kier molecular flexibility index (Phi) is 8.86. The van der Waals surface area contributed by atoms with Gasteiger partial charge in [0.1, 0.15) is 0 Å². The third-order valence-electron chi connectivity index (χ3n) is 10.9. The van der Waals surface area contributed by atoms with Crippen LogP contribution in [-0.2, 0) is 0 Å². The van der Waals surface area contributed by atoms with Crippen LogP contribution < -0.4 is 0 Å². The standard InChI is InChI=1S/C40H40Br2N2O4/c1-5-9-11-21(7-3)19-43-37(45)25-15-13-23-34-30(42)18-28-32-26(38(46)44(40(28)48)20-22(8-4)12-10-6-2)16-14-24(36(32)34)33-29(41)17-27(39(43)47)31(25)35(23)33/h13-18,21-22H,5-12,19-20H2,1-4H3/t21-,22+. The van der Waals surface area contributed by atoms with E-state index in [-0.39, 0.29) is 35.5 Å². The molecule has 2 atom stereocenters. The third-order valence-corrected chi connectivity index (χ3v) is 12.1. The summed E-state index contributed by atoms with van der Waals surface area (Å²) in [5.41, 5.74) is 2.09. The highest BCUT2D eigenvalue weighted by atomic mass is 79.9. The van der Waals surface area contributed by atoms with Gasteiger partial charge in [-0.25, -0.2) is 0 Å². The van der Waals surface area contributed by atoms with E-state index in [0.717, 1.165) is 92.6 Å². The van der Waals surface area contributed by atoms with Crippen LogP contribution in [0.5, 0.6) is 0 Å². The Morgan fingerprint density at radius 3 is 1.25 bits per heavy atom. The molecule has 5 aromatic rings. The van der Waals surface area contributed by atoms with Crippen molar-refractivity contribution in [2.45, 2.75) is 79.1 Å². The maximum absolute atomic E-state index is 14.1. The fourth-order valence-electron chi connectivity index (χ4n) is 8.15. The van der Waals surface area contributed by atoms with E-state index in [9.17, 15) is 19.2 Å². The van der Waals surface area contributed by atoms with Crippen molar-refractivity contribution in [1.29, 1.82) is 0 Å². The molecule has 248 valence electrons. The molecule has 0 saturated carbocycles. The van der Waals surface area contributed by atoms with Crippen molar-refractivity contribution in [2.75, 3.05) is 13.1 Å². The third kappa shape index (κ3) is 4.92. The molecule has 0 spiro atoms. The minimum Gasteiger partial charge on any atom is -0.274 e. The van der Waals surface area contributed by atoms with E-state index in [1.165, 1.54) is 9.80 Å². The van der Waals surface area contributed by atoms with Gasteiger partial charge in [0.05, 0.1) is 0 Å². The topological polar surface area (TPSA) is 74.8 Å². The normalized spacial score (nSPS) is 16.0. The Bertz CT molecular complexity index is 2020. The first kappa shape index (κ1) is 33.2. The first-order chi connectivity index (χ1) is 23.2. The van der Waals surface area contributed by atoms with Crippen molar-refractivity contribution in [1.82, 2.24) is 9.80 Å². The van der Waals surface area contributed by atoms with Gasteiger partial charge in [0.15, 0.2) is 0 Å². The maximum Gasteiger partial charge on any atom is 0.261 e. The van der Waals surface area contributed by atoms with Crippen molar-refractivity contribution in [3.05, 3.63) is 67.6 Å². The molecule has 0 unspecified atom stereocenters. The van der Waals surface area contributed by atoms with Gasteiger partial charge in [-0.15, -0.1) is 0 Å². The molecule has 6 nitrogen and oxygen atoms in total. The number of amides is 4. The molecule has 48 heavy (non-hydrogen) atoms. The highest BCUT2D eigenvalue weighted by Crippen LogP contribution is 2.50. The first-order valence-electron chi connectivity index (χ1n) is 17.5. The van der Waals surface area contributed by atoms with E-state index in [0.29, 0.717) is 46.1 Å². The van der Waals surface area contributed by atoms with E-state index in [1.807, 2.05) is 36.4 Å². The van der Waals surface area contributed by atoms with Crippen molar-refractivity contribution in [2.24, 2.45) is 11.8 Å². The molecule has 2 aliphatic rings. The maximum atomic E-state index is 14.1. The summed E-state index contributed by atoms with van der Waals surface area (Å²) < 4.78 is 1.48. The monoisotopic (exact) mass is 770 g/mol. The molecule has 7 rings (SSSR count). The smallest absolute Gasteiger partial charge is 0.261 e. The van der Waals surface area contributed by atoms with Gasteiger partial charge < -0.3 is 0 Å². The lowest BCUT2D eigenvalue weighted by atomic mass is 9.82. The van der Waals surface area contributed by atoms with Crippen molar-refractivity contribution in [3.8, 4) is 0 Å². The predicted octanol–water partition coefficient (Wildman–Crippen LogP) is 10.9. The minimum absolute atomic E-state index is 0.252. The lowest BCUT2D eigenvalue weighted by Gasteiger charge is -2.32. The molecule has 0 saturated heterocycles. The van der Waals surface area contributed by atoms with E-state index in [4.69, 9.17) is 0 Å². The summed E-state index contributed by atoms with van der Waals surface area (Å²) in [6, 6.07) is 11.3. The van der Waals surface area contributed by atoms with Crippen LogP contribution in [0.3, 0.4) is 0 Å². The first-order valence-corrected chi connectivity index (χ1v) is 19.1. The van der Waals surface area contributed by atoms with Gasteiger partial charge in [-0.2, -0.15) is 0 Å². The molecule has 0 aromatic heterocycles. The second-order valence-corrected chi connectivity index (χ2v) is 15.4. The lowest BCUT2D eigenvalue weighted by Crippen LogP contribution is -2.43. The Hall–Kier alpha value is -3.36. The van der Waals surface area contributed by atoms with E-state index in [2.05, 4.69) is 59.6 Å². The molecule has 0 radical (unpaired) electrons. The highest BCUT2D eigenvalue weighted by Gasteiger charge is 2.39. The van der Waals surface area contributed by atoms with E-state index < -0.39 is 0 Å². The largest absolute Gasteiger partial charge is 0.274 e. The number of benzene rings is 5. The lowest BCUT2D eigenvalue weighted by molar-refractivity contribution is 0.0565. The van der Waals surface area contributed by atoms with Gasteiger partial charge >= 0.3 is 0 Å². The number of nitrogens with zero attached hydrogens (tertiary/aromatic N) is 2. The van der Waals surface area contributed by atoms with Gasteiger partial charge in [-0.05, 0) is 59.7 Å². The fourth-order valence-corrected chi connectivity index (χ4v) is 9.43. The number of hydrogen-bond donors (Lipinski definition) is 0. The zero-order valence-electron chi connectivity index (χ0n) is 28.0. The quantitative estimate of drug-likeness (QED) is 0.0719. The zero-order valence-corrected chi connectivity index (χ0v) is 31.1. The number of halogens is 2. The van der Waals surface area contributed by atoms with Crippen molar-refractivity contribution >= 4 is 98.6 Å². The number of rotatable bonds is 12. The highest BCUT2D eigenvalue weighted by molar-refractivity contribution is 9.11. The van der Waals surface area contributed by atoms with Gasteiger partial charge in [-0.3, -0.25) is 29.0 Å². The summed E-state index contributed by atoms with van der Waals surface area (Å²) in [5, 5.41) is 6.47. The molecule has 0 N–H and O–H groups in total. The number of imide groups is 2. The Labute approximate surface area is 297 Å². The second kappa shape index (κ2) is 12.8. The van der Waals surface area contributed by atoms with E-state index >= 15 is 0 Å². The molecule has 2 aliphatic heterocycles. The summed E-state index contributed by atoms with van der Waals surface area (Å²) in [7, 11) is 0. The molecule has 0 aliphatic carbocycles. The Morgan fingerprint density at radius 1 is 0.521 bits per heavy atom. The summed E-state index contributed by atoms with van der Waals surface area (Å²) in [6.45, 7) is 9.37. The molecule has 2 heterocycles. The van der Waals surface area contributed by atoms with Crippen molar-refractivity contribution in [3.63, 3.8) is 0 Å². The van der Waals surface area contributed by atoms with Gasteiger partial charge in [0.25, 0.3) is 23.6 Å². The fraction of sp³-hybridized carbons (Fsp3) is 0.400. The molecular formula is C40H40Br2N2O4. The number of fused-ring (bicyclic) bond motifs is 2. The molecule has 0 bridgehead atoms. The van der Waals surface area contributed by atoms with Crippen LogP contribution in [0.15, 0.2) is 45.3 Å². The second-order valence-electron chi connectivity index (χ2n) is 13.7. The SMILES string of the molecule is CCCC[C@@H](CC)CN1C(=O)c2ccc3c4c(Br)cc5c6c(ccc(c7c(Br)cc(c2c37)C1=O)c64)C(=O)N(C[C@@H](CC)CCCC)C5=O. The van der Waals surface area contributed by atoms with Crippen LogP contribution in [0.1, 0.15) is 120 Å². The summed E-state index contributed by atoms with van der Waals surface area (Å²) in [6.07, 6.45) is 8.04. The molecule has 0 fully saturated rings. The average molecular weight is 773 g/mol. The van der Waals surface area contributed by atoms with Crippen LogP contribution in [0.2, 0.25) is 0 Å². The number of hydrogen-bond acceptors (Lipinski definition) is 4. The van der Waals surface area contributed by atoms with Gasteiger partial charge in [0, 0.05) is 76.6 Å². The minimum atomic E-state index is -0.262. The molecular weight excluding hydrogens is 732 g/mol. The molecule has 8 heteroatoms. The van der Waals surface area contributed by atoms with E-state index in [1.54, 1.807) is 0 Å². The van der Waals surface area contributed by atoms with Crippen LogP contribution in [0.25, 0.3) is 43.1 Å². The molecule has 4 amide bonds. The average Bonchev–Trinajstić information content (AvgIpc) is 3.09. The van der Waals surface area contributed by atoms with Crippen LogP contribution >= 0.6 is 31.9 Å². The van der Waals surface area contributed by atoms with Crippen LogP contribution in [-0.4, -0.2) is 46.5 Å². The zero-order chi connectivity index (χ0) is 34.0. The molecule has 5 aromatic carbocycles. The van der Waals surface area contributed by atoms with Gasteiger partial charge in [0.2, 0.25) is 0 Å². The van der Waals surface area contributed by atoms with Crippen LogP contribution in [0.4, 0.5) is 0 Å². The van der Waals surface area contributed by atoms with Crippen molar-refractivity contribution < 1.29 is 19.2 Å².